The van der Waals surface area contributed by atoms with Crippen molar-refractivity contribution in [1.29, 1.82) is 0 Å². The number of rotatable bonds is 3. The molecule has 0 unspecified atom stereocenters. The van der Waals surface area contributed by atoms with E-state index in [9.17, 15) is 0 Å². The molecular weight excluding hydrogens is 202 g/mol. The first-order chi connectivity index (χ1) is 7.79. The zero-order chi connectivity index (χ0) is 11.4. The lowest BCUT2D eigenvalue weighted by Gasteiger charge is -2.40. The third-order valence-electron chi connectivity index (χ3n) is 3.39. The molecule has 0 aromatic heterocycles. The van der Waals surface area contributed by atoms with Crippen molar-refractivity contribution in [3.05, 3.63) is 30.3 Å². The molecule has 0 N–H and O–H groups in total. The summed E-state index contributed by atoms with van der Waals surface area (Å²) in [5.41, 5.74) is 1.28. The molecule has 0 radical (unpaired) electrons. The van der Waals surface area contributed by atoms with Crippen LogP contribution in [-0.2, 0) is 9.47 Å². The lowest BCUT2D eigenvalue weighted by molar-refractivity contribution is -0.216. The van der Waals surface area contributed by atoms with Crippen LogP contribution >= 0.6 is 0 Å². The van der Waals surface area contributed by atoms with Crippen molar-refractivity contribution in [1.82, 2.24) is 0 Å². The summed E-state index contributed by atoms with van der Waals surface area (Å²) in [7, 11) is 3.45. The number of nitrogens with zero attached hydrogens (tertiary/aromatic N) is 1. The summed E-state index contributed by atoms with van der Waals surface area (Å²) in [5, 5.41) is 0. The molecule has 1 saturated heterocycles. The zero-order valence-electron chi connectivity index (χ0n) is 9.98. The highest BCUT2D eigenvalue weighted by molar-refractivity contribution is 5.46. The minimum absolute atomic E-state index is 0.370. The highest BCUT2D eigenvalue weighted by Gasteiger charge is 2.34. The molecule has 1 heterocycles. The molecule has 1 aromatic rings. The second kappa shape index (κ2) is 4.85. The van der Waals surface area contributed by atoms with Crippen LogP contribution in [0, 0.1) is 0 Å². The molecule has 1 fully saturated rings. The largest absolute Gasteiger partial charge is 0.371 e. The summed E-state index contributed by atoms with van der Waals surface area (Å²) in [6.45, 7) is 1.96. The van der Waals surface area contributed by atoms with Crippen LogP contribution in [0.15, 0.2) is 30.3 Å². The van der Waals surface area contributed by atoms with Crippen molar-refractivity contribution >= 4 is 5.69 Å². The first-order valence-electron chi connectivity index (χ1n) is 5.70. The topological polar surface area (TPSA) is 21.7 Å². The maximum atomic E-state index is 5.46. The first-order valence-corrected chi connectivity index (χ1v) is 5.70. The van der Waals surface area contributed by atoms with E-state index < -0.39 is 0 Å². The van der Waals surface area contributed by atoms with E-state index >= 15 is 0 Å². The molecule has 0 aliphatic carbocycles. The maximum absolute atomic E-state index is 5.46. The number of hydrogen-bond acceptors (Lipinski definition) is 3. The van der Waals surface area contributed by atoms with E-state index in [1.165, 1.54) is 5.69 Å². The maximum Gasteiger partial charge on any atom is 0.170 e. The zero-order valence-corrected chi connectivity index (χ0v) is 9.98. The predicted molar refractivity (Wildman–Crippen MR) is 64.6 cm³/mol. The molecule has 16 heavy (non-hydrogen) atoms. The molecule has 3 nitrogen and oxygen atoms in total. The summed E-state index contributed by atoms with van der Waals surface area (Å²) in [6, 6.07) is 10.5. The van der Waals surface area contributed by atoms with Gasteiger partial charge in [-0.05, 0) is 12.1 Å². The molecule has 0 spiro atoms. The van der Waals surface area contributed by atoms with E-state index in [1.54, 1.807) is 14.2 Å². The fraction of sp³-hybridized carbons (Fsp3) is 0.538. The Kier molecular flexibility index (Phi) is 3.46. The Balaban J connectivity index is 2.00. The van der Waals surface area contributed by atoms with Gasteiger partial charge in [-0.2, -0.15) is 0 Å². The van der Waals surface area contributed by atoms with Gasteiger partial charge < -0.3 is 14.4 Å². The second-order valence-corrected chi connectivity index (χ2v) is 4.14. The van der Waals surface area contributed by atoms with E-state index in [1.807, 2.05) is 6.07 Å². The Morgan fingerprint density at radius 2 is 1.56 bits per heavy atom. The van der Waals surface area contributed by atoms with Gasteiger partial charge in [-0.1, -0.05) is 18.2 Å². The minimum atomic E-state index is -0.370. The Labute approximate surface area is 97.0 Å². The number of methoxy groups -OCH3 is 2. The van der Waals surface area contributed by atoms with Gasteiger partial charge in [0.1, 0.15) is 0 Å². The van der Waals surface area contributed by atoms with E-state index in [4.69, 9.17) is 9.47 Å². The van der Waals surface area contributed by atoms with E-state index in [-0.39, 0.29) is 5.79 Å². The summed E-state index contributed by atoms with van der Waals surface area (Å²) < 4.78 is 10.9. The Bertz CT molecular complexity index is 312. The van der Waals surface area contributed by atoms with E-state index in [0.717, 1.165) is 25.9 Å². The lowest BCUT2D eigenvalue weighted by Crippen LogP contribution is -2.46. The van der Waals surface area contributed by atoms with Crippen LogP contribution in [0.1, 0.15) is 12.8 Å². The van der Waals surface area contributed by atoms with Crippen LogP contribution < -0.4 is 4.90 Å². The summed E-state index contributed by atoms with van der Waals surface area (Å²) in [6.07, 6.45) is 1.82. The quantitative estimate of drug-likeness (QED) is 0.731. The van der Waals surface area contributed by atoms with E-state index in [0.29, 0.717) is 0 Å². The van der Waals surface area contributed by atoms with Gasteiger partial charge in [0.05, 0.1) is 0 Å². The van der Waals surface area contributed by atoms with Gasteiger partial charge >= 0.3 is 0 Å². The highest BCUT2D eigenvalue weighted by atomic mass is 16.7. The fourth-order valence-corrected chi connectivity index (χ4v) is 2.24. The molecular formula is C13H19NO2. The van der Waals surface area contributed by atoms with Crippen LogP contribution in [0.2, 0.25) is 0 Å². The molecule has 2 rings (SSSR count). The van der Waals surface area contributed by atoms with Gasteiger partial charge in [0.2, 0.25) is 0 Å². The summed E-state index contributed by atoms with van der Waals surface area (Å²) in [4.78, 5) is 2.37. The number of benzene rings is 1. The first kappa shape index (κ1) is 11.4. The molecule has 0 saturated carbocycles. The van der Waals surface area contributed by atoms with Crippen molar-refractivity contribution in [3.8, 4) is 0 Å². The van der Waals surface area contributed by atoms with Gasteiger partial charge in [-0.25, -0.2) is 0 Å². The monoisotopic (exact) mass is 221 g/mol. The van der Waals surface area contributed by atoms with Crippen molar-refractivity contribution in [2.24, 2.45) is 0 Å². The standard InChI is InChI=1S/C13H19NO2/c1-15-13(16-2)8-10-14(11-9-13)12-6-4-3-5-7-12/h3-7H,8-11H2,1-2H3. The van der Waals surface area contributed by atoms with E-state index in [2.05, 4.69) is 29.2 Å². The molecule has 1 aromatic carbocycles. The third kappa shape index (κ3) is 2.20. The second-order valence-electron chi connectivity index (χ2n) is 4.14. The van der Waals surface area contributed by atoms with Gasteiger partial charge in [0.25, 0.3) is 0 Å². The van der Waals surface area contributed by atoms with Crippen LogP contribution in [-0.4, -0.2) is 33.1 Å². The number of ether oxygens (including phenoxy) is 2. The number of piperidine rings is 1. The summed E-state index contributed by atoms with van der Waals surface area (Å²) in [5.74, 6) is -0.370. The smallest absolute Gasteiger partial charge is 0.170 e. The fourth-order valence-electron chi connectivity index (χ4n) is 2.24. The molecule has 0 atom stereocenters. The average Bonchev–Trinajstić information content (AvgIpc) is 2.40. The molecule has 88 valence electrons. The Hall–Kier alpha value is -1.06. The average molecular weight is 221 g/mol. The van der Waals surface area contributed by atoms with Crippen molar-refractivity contribution in [2.75, 3.05) is 32.2 Å². The molecule has 3 heteroatoms. The number of anilines is 1. The molecule has 0 amide bonds. The molecule has 1 aliphatic heterocycles. The summed E-state index contributed by atoms with van der Waals surface area (Å²) >= 11 is 0. The normalized spacial score (nSPS) is 19.8. The van der Waals surface area contributed by atoms with Gasteiger partial charge in [0.15, 0.2) is 5.79 Å². The lowest BCUT2D eigenvalue weighted by atomic mass is 10.0. The van der Waals surface area contributed by atoms with Crippen LogP contribution in [0.3, 0.4) is 0 Å². The van der Waals surface area contributed by atoms with Crippen LogP contribution in [0.5, 0.6) is 0 Å². The van der Waals surface area contributed by atoms with Crippen LogP contribution in [0.4, 0.5) is 5.69 Å². The SMILES string of the molecule is COC1(OC)CCN(c2ccccc2)CC1. The number of hydrogen-bond donors (Lipinski definition) is 0. The molecule has 0 bridgehead atoms. The van der Waals surface area contributed by atoms with Gasteiger partial charge in [-0.3, -0.25) is 0 Å². The number of para-hydroxylation sites is 1. The highest BCUT2D eigenvalue weighted by Crippen LogP contribution is 2.28. The van der Waals surface area contributed by atoms with Gasteiger partial charge in [0, 0.05) is 45.8 Å². The van der Waals surface area contributed by atoms with Gasteiger partial charge in [-0.15, -0.1) is 0 Å². The van der Waals surface area contributed by atoms with Crippen molar-refractivity contribution in [3.63, 3.8) is 0 Å². The Morgan fingerprint density at radius 1 is 1.00 bits per heavy atom. The Morgan fingerprint density at radius 3 is 2.06 bits per heavy atom. The third-order valence-corrected chi connectivity index (χ3v) is 3.39. The van der Waals surface area contributed by atoms with Crippen molar-refractivity contribution in [2.45, 2.75) is 18.6 Å². The van der Waals surface area contributed by atoms with Crippen molar-refractivity contribution < 1.29 is 9.47 Å². The van der Waals surface area contributed by atoms with Crippen LogP contribution in [0.25, 0.3) is 0 Å². The molecule has 1 aliphatic rings. The predicted octanol–water partition coefficient (Wildman–Crippen LogP) is 2.28. The minimum Gasteiger partial charge on any atom is -0.371 e.